The molecule has 0 aromatic rings. The molecule has 0 rings (SSSR count). The molecule has 0 aliphatic heterocycles. The van der Waals surface area contributed by atoms with E-state index in [2.05, 4.69) is 13.8 Å². The van der Waals surface area contributed by atoms with Gasteiger partial charge in [0, 0.05) is 0 Å². The highest BCUT2D eigenvalue weighted by molar-refractivity contribution is 4.57. The molecule has 1 radical (unpaired) electrons. The largest absolute Gasteiger partial charge is 0.393 e. The summed E-state index contributed by atoms with van der Waals surface area (Å²) in [4.78, 5) is 0. The quantitative estimate of drug-likeness (QED) is 0.525. The topological polar surface area (TPSA) is 20.2 Å². The highest BCUT2D eigenvalue weighted by Gasteiger charge is 1.99. The monoisotopic (exact) mass is 199 g/mol. The Labute approximate surface area is 89.9 Å². The van der Waals surface area contributed by atoms with E-state index < -0.39 is 0 Å². The molecule has 0 bridgehead atoms. The van der Waals surface area contributed by atoms with Gasteiger partial charge in [0.1, 0.15) is 0 Å². The van der Waals surface area contributed by atoms with Gasteiger partial charge in [-0.25, -0.2) is 0 Å². The molecule has 0 heterocycles. The van der Waals surface area contributed by atoms with Crippen molar-refractivity contribution in [2.24, 2.45) is 0 Å². The van der Waals surface area contributed by atoms with Crippen molar-refractivity contribution >= 4 is 0 Å². The number of hydrogen-bond donors (Lipinski definition) is 1. The summed E-state index contributed by atoms with van der Waals surface area (Å²) >= 11 is 0. The Morgan fingerprint density at radius 1 is 0.929 bits per heavy atom. The normalized spacial score (nSPS) is 13.1. The Hall–Kier alpha value is -0.0400. The van der Waals surface area contributed by atoms with Crippen LogP contribution < -0.4 is 0 Å². The van der Waals surface area contributed by atoms with Crippen molar-refractivity contribution in [2.75, 3.05) is 0 Å². The Bertz CT molecular complexity index is 101. The van der Waals surface area contributed by atoms with Crippen LogP contribution in [0.4, 0.5) is 0 Å². The molecule has 0 saturated heterocycles. The van der Waals surface area contributed by atoms with Gasteiger partial charge in [-0.05, 0) is 12.8 Å². The van der Waals surface area contributed by atoms with Crippen LogP contribution in [0.2, 0.25) is 0 Å². The van der Waals surface area contributed by atoms with Crippen molar-refractivity contribution in [1.82, 2.24) is 0 Å². The molecular formula is C13H27O. The van der Waals surface area contributed by atoms with Crippen LogP contribution in [0, 0.1) is 6.92 Å². The SMILES string of the molecule is [CH2]CC(O)CCCCCCCCCC. The first-order valence-electron chi connectivity index (χ1n) is 6.28. The molecule has 0 aliphatic rings. The van der Waals surface area contributed by atoms with Gasteiger partial charge in [0.25, 0.3) is 0 Å². The predicted molar refractivity (Wildman–Crippen MR) is 63.2 cm³/mol. The zero-order valence-corrected chi connectivity index (χ0v) is 9.80. The first kappa shape index (κ1) is 14.0. The lowest BCUT2D eigenvalue weighted by atomic mass is 10.0. The highest BCUT2D eigenvalue weighted by atomic mass is 16.3. The molecule has 0 amide bonds. The highest BCUT2D eigenvalue weighted by Crippen LogP contribution is 2.11. The number of hydrogen-bond acceptors (Lipinski definition) is 1. The van der Waals surface area contributed by atoms with Crippen molar-refractivity contribution in [3.8, 4) is 0 Å². The van der Waals surface area contributed by atoms with E-state index in [-0.39, 0.29) is 6.10 Å². The molecular weight excluding hydrogens is 172 g/mol. The van der Waals surface area contributed by atoms with Crippen molar-refractivity contribution in [2.45, 2.75) is 77.2 Å². The van der Waals surface area contributed by atoms with Gasteiger partial charge >= 0.3 is 0 Å². The summed E-state index contributed by atoms with van der Waals surface area (Å²) in [7, 11) is 0. The molecule has 1 nitrogen and oxygen atoms in total. The second kappa shape index (κ2) is 11.0. The summed E-state index contributed by atoms with van der Waals surface area (Å²) in [6.45, 7) is 5.93. The summed E-state index contributed by atoms with van der Waals surface area (Å²) in [5.41, 5.74) is 0. The molecule has 1 atom stereocenters. The Morgan fingerprint density at radius 2 is 1.43 bits per heavy atom. The van der Waals surface area contributed by atoms with Gasteiger partial charge < -0.3 is 5.11 Å². The Kier molecular flexibility index (Phi) is 11.0. The number of unbranched alkanes of at least 4 members (excludes halogenated alkanes) is 7. The van der Waals surface area contributed by atoms with Gasteiger partial charge in [0.2, 0.25) is 0 Å². The van der Waals surface area contributed by atoms with E-state index in [1.165, 1.54) is 51.4 Å². The third-order valence-electron chi connectivity index (χ3n) is 2.72. The molecule has 85 valence electrons. The fourth-order valence-electron chi connectivity index (χ4n) is 1.66. The molecule has 0 fully saturated rings. The van der Waals surface area contributed by atoms with E-state index in [4.69, 9.17) is 0 Å². The second-order valence-corrected chi connectivity index (χ2v) is 4.21. The van der Waals surface area contributed by atoms with E-state index >= 15 is 0 Å². The lowest BCUT2D eigenvalue weighted by Gasteiger charge is -2.06. The summed E-state index contributed by atoms with van der Waals surface area (Å²) in [6.07, 6.45) is 12.1. The lowest BCUT2D eigenvalue weighted by molar-refractivity contribution is 0.163. The van der Waals surface area contributed by atoms with Gasteiger partial charge in [-0.1, -0.05) is 65.2 Å². The standard InChI is InChI=1S/C13H27O/c1-3-5-6-7-8-9-10-11-12-13(14)4-2/h13-14H,2-12H2,1H3. The van der Waals surface area contributed by atoms with Crippen LogP contribution >= 0.6 is 0 Å². The first-order chi connectivity index (χ1) is 6.81. The number of aliphatic hydroxyl groups is 1. The number of rotatable bonds is 10. The van der Waals surface area contributed by atoms with Crippen molar-refractivity contribution in [3.63, 3.8) is 0 Å². The zero-order valence-electron chi connectivity index (χ0n) is 9.80. The minimum atomic E-state index is -0.157. The average Bonchev–Trinajstić information content (AvgIpc) is 2.21. The van der Waals surface area contributed by atoms with Crippen LogP contribution in [-0.2, 0) is 0 Å². The summed E-state index contributed by atoms with van der Waals surface area (Å²) in [5.74, 6) is 0. The maximum Gasteiger partial charge on any atom is 0.0540 e. The summed E-state index contributed by atoms with van der Waals surface area (Å²) in [6, 6.07) is 0. The van der Waals surface area contributed by atoms with Crippen LogP contribution in [0.25, 0.3) is 0 Å². The molecule has 0 saturated carbocycles. The average molecular weight is 199 g/mol. The van der Waals surface area contributed by atoms with Crippen LogP contribution in [-0.4, -0.2) is 11.2 Å². The molecule has 0 aromatic carbocycles. The van der Waals surface area contributed by atoms with Crippen molar-refractivity contribution in [1.29, 1.82) is 0 Å². The van der Waals surface area contributed by atoms with E-state index in [1.54, 1.807) is 0 Å². The van der Waals surface area contributed by atoms with E-state index in [9.17, 15) is 5.11 Å². The predicted octanol–water partition coefficient (Wildman–Crippen LogP) is 4.10. The van der Waals surface area contributed by atoms with Crippen LogP contribution in [0.15, 0.2) is 0 Å². The summed E-state index contributed by atoms with van der Waals surface area (Å²) < 4.78 is 0. The van der Waals surface area contributed by atoms with Crippen LogP contribution in [0.5, 0.6) is 0 Å². The Balaban J connectivity index is 2.92. The van der Waals surface area contributed by atoms with Crippen LogP contribution in [0.1, 0.15) is 71.1 Å². The minimum absolute atomic E-state index is 0.157. The van der Waals surface area contributed by atoms with Gasteiger partial charge in [0.15, 0.2) is 0 Å². The fourth-order valence-corrected chi connectivity index (χ4v) is 1.66. The van der Waals surface area contributed by atoms with Gasteiger partial charge in [-0.3, -0.25) is 0 Å². The Morgan fingerprint density at radius 3 is 1.93 bits per heavy atom. The molecule has 14 heavy (non-hydrogen) atoms. The third-order valence-corrected chi connectivity index (χ3v) is 2.72. The van der Waals surface area contributed by atoms with Gasteiger partial charge in [-0.2, -0.15) is 0 Å². The van der Waals surface area contributed by atoms with E-state index in [0.717, 1.165) is 6.42 Å². The van der Waals surface area contributed by atoms with Gasteiger partial charge in [-0.15, -0.1) is 0 Å². The molecule has 1 N–H and O–H groups in total. The molecule has 1 unspecified atom stereocenters. The maximum atomic E-state index is 9.27. The van der Waals surface area contributed by atoms with Crippen molar-refractivity contribution < 1.29 is 5.11 Å². The molecule has 0 aromatic heterocycles. The number of aliphatic hydroxyl groups excluding tert-OH is 1. The van der Waals surface area contributed by atoms with E-state index in [1.807, 2.05) is 0 Å². The molecule has 1 heteroatoms. The van der Waals surface area contributed by atoms with Crippen LogP contribution in [0.3, 0.4) is 0 Å². The smallest absolute Gasteiger partial charge is 0.0540 e. The van der Waals surface area contributed by atoms with Crippen molar-refractivity contribution in [3.05, 3.63) is 6.92 Å². The maximum absolute atomic E-state index is 9.27. The van der Waals surface area contributed by atoms with Gasteiger partial charge in [0.05, 0.1) is 6.10 Å². The van der Waals surface area contributed by atoms with E-state index in [0.29, 0.717) is 6.42 Å². The lowest BCUT2D eigenvalue weighted by Crippen LogP contribution is -2.03. The molecule has 0 aliphatic carbocycles. The second-order valence-electron chi connectivity index (χ2n) is 4.21. The third kappa shape index (κ3) is 10.0. The molecule has 0 spiro atoms. The zero-order chi connectivity index (χ0) is 10.6. The minimum Gasteiger partial charge on any atom is -0.393 e. The first-order valence-corrected chi connectivity index (χ1v) is 6.28. The summed E-state index contributed by atoms with van der Waals surface area (Å²) in [5, 5.41) is 9.27. The fraction of sp³-hybridized carbons (Fsp3) is 0.923.